The molecule has 0 unspecified atom stereocenters. The summed E-state index contributed by atoms with van der Waals surface area (Å²) in [6.45, 7) is 0. The van der Waals surface area contributed by atoms with Gasteiger partial charge in [0.25, 0.3) is 0 Å². The SMILES string of the molecule is Nc1ccc(F)c(C(F)(F)C(F)(F)F)c1. The van der Waals surface area contributed by atoms with Crippen LogP contribution >= 0.6 is 0 Å². The van der Waals surface area contributed by atoms with Crippen LogP contribution in [0, 0.1) is 5.82 Å². The van der Waals surface area contributed by atoms with Crippen LogP contribution in [-0.2, 0) is 5.92 Å². The Morgan fingerprint density at radius 1 is 1.00 bits per heavy atom. The standard InChI is InChI=1S/C8H5F6N/c9-6-2-1-4(15)3-5(6)7(10,11)8(12,13)14/h1-3H,15H2. The van der Waals surface area contributed by atoms with Crippen molar-refractivity contribution in [2.45, 2.75) is 12.1 Å². The molecule has 0 aliphatic heterocycles. The molecular formula is C8H5F6N. The summed E-state index contributed by atoms with van der Waals surface area (Å²) in [4.78, 5) is 0. The Balaban J connectivity index is 3.32. The van der Waals surface area contributed by atoms with Crippen molar-refractivity contribution in [3.63, 3.8) is 0 Å². The van der Waals surface area contributed by atoms with Gasteiger partial charge in [-0.1, -0.05) is 0 Å². The number of hydrogen-bond donors (Lipinski definition) is 1. The molecular weight excluding hydrogens is 224 g/mol. The Morgan fingerprint density at radius 3 is 2.00 bits per heavy atom. The van der Waals surface area contributed by atoms with E-state index in [1.54, 1.807) is 0 Å². The largest absolute Gasteiger partial charge is 0.458 e. The molecule has 0 atom stereocenters. The van der Waals surface area contributed by atoms with E-state index in [0.29, 0.717) is 6.07 Å². The molecule has 2 N–H and O–H groups in total. The van der Waals surface area contributed by atoms with Gasteiger partial charge in [0, 0.05) is 5.69 Å². The number of nitrogen functional groups attached to an aromatic ring is 1. The Labute approximate surface area is 80.5 Å². The molecule has 15 heavy (non-hydrogen) atoms. The molecule has 1 aromatic rings. The third-order valence-electron chi connectivity index (χ3n) is 1.68. The molecule has 0 amide bonds. The second-order valence-electron chi connectivity index (χ2n) is 2.81. The van der Waals surface area contributed by atoms with Gasteiger partial charge in [-0.15, -0.1) is 0 Å². The van der Waals surface area contributed by atoms with Crippen molar-refractivity contribution in [2.24, 2.45) is 0 Å². The van der Waals surface area contributed by atoms with Gasteiger partial charge in [-0.25, -0.2) is 4.39 Å². The smallest absolute Gasteiger partial charge is 0.399 e. The highest BCUT2D eigenvalue weighted by Gasteiger charge is 2.59. The lowest BCUT2D eigenvalue weighted by Gasteiger charge is -2.20. The van der Waals surface area contributed by atoms with Crippen molar-refractivity contribution in [1.29, 1.82) is 0 Å². The summed E-state index contributed by atoms with van der Waals surface area (Å²) in [7, 11) is 0. The molecule has 1 rings (SSSR count). The molecule has 0 aliphatic rings. The number of halogens is 6. The van der Waals surface area contributed by atoms with Crippen molar-refractivity contribution in [1.82, 2.24) is 0 Å². The second-order valence-corrected chi connectivity index (χ2v) is 2.81. The predicted molar refractivity (Wildman–Crippen MR) is 40.8 cm³/mol. The van der Waals surface area contributed by atoms with Gasteiger partial charge < -0.3 is 5.73 Å². The summed E-state index contributed by atoms with van der Waals surface area (Å²) in [6, 6.07) is 1.62. The lowest BCUT2D eigenvalue weighted by molar-refractivity contribution is -0.290. The van der Waals surface area contributed by atoms with Crippen molar-refractivity contribution >= 4 is 5.69 Å². The molecule has 1 aromatic carbocycles. The summed E-state index contributed by atoms with van der Waals surface area (Å²) >= 11 is 0. The maximum Gasteiger partial charge on any atom is 0.458 e. The Morgan fingerprint density at radius 2 is 1.53 bits per heavy atom. The Bertz CT molecular complexity index is 370. The van der Waals surface area contributed by atoms with Crippen LogP contribution in [0.1, 0.15) is 5.56 Å². The van der Waals surface area contributed by atoms with E-state index in [2.05, 4.69) is 0 Å². The van der Waals surface area contributed by atoms with E-state index in [1.165, 1.54) is 0 Å². The van der Waals surface area contributed by atoms with Gasteiger partial charge in [-0.05, 0) is 18.2 Å². The van der Waals surface area contributed by atoms with Gasteiger partial charge in [-0.3, -0.25) is 0 Å². The first-order chi connectivity index (χ1) is 6.66. The number of rotatable bonds is 1. The molecule has 0 aromatic heterocycles. The normalized spacial score (nSPS) is 12.9. The van der Waals surface area contributed by atoms with Gasteiger partial charge in [0.2, 0.25) is 0 Å². The number of alkyl halides is 5. The number of anilines is 1. The molecule has 0 spiro atoms. The van der Waals surface area contributed by atoms with Crippen molar-refractivity contribution in [2.75, 3.05) is 5.73 Å². The molecule has 1 nitrogen and oxygen atoms in total. The first-order valence-corrected chi connectivity index (χ1v) is 3.66. The molecule has 0 saturated heterocycles. The fraction of sp³-hybridized carbons (Fsp3) is 0.250. The van der Waals surface area contributed by atoms with Gasteiger partial charge in [0.05, 0.1) is 5.56 Å². The molecule has 0 bridgehead atoms. The topological polar surface area (TPSA) is 26.0 Å². The first-order valence-electron chi connectivity index (χ1n) is 3.66. The molecule has 0 heterocycles. The zero-order valence-electron chi connectivity index (χ0n) is 7.08. The van der Waals surface area contributed by atoms with Gasteiger partial charge in [0.1, 0.15) is 5.82 Å². The van der Waals surface area contributed by atoms with Crippen LogP contribution in [-0.4, -0.2) is 6.18 Å². The van der Waals surface area contributed by atoms with E-state index in [4.69, 9.17) is 5.73 Å². The van der Waals surface area contributed by atoms with Crippen LogP contribution < -0.4 is 5.73 Å². The zero-order valence-corrected chi connectivity index (χ0v) is 7.08. The number of benzene rings is 1. The third-order valence-corrected chi connectivity index (χ3v) is 1.68. The Kier molecular flexibility index (Phi) is 2.58. The highest BCUT2D eigenvalue weighted by atomic mass is 19.4. The van der Waals surface area contributed by atoms with E-state index < -0.39 is 23.5 Å². The van der Waals surface area contributed by atoms with Crippen molar-refractivity contribution in [3.05, 3.63) is 29.6 Å². The average Bonchev–Trinajstić information content (AvgIpc) is 2.07. The lowest BCUT2D eigenvalue weighted by Crippen LogP contribution is -2.34. The minimum Gasteiger partial charge on any atom is -0.399 e. The highest BCUT2D eigenvalue weighted by molar-refractivity contribution is 5.43. The molecule has 84 valence electrons. The van der Waals surface area contributed by atoms with E-state index in [-0.39, 0.29) is 11.8 Å². The van der Waals surface area contributed by atoms with Crippen LogP contribution in [0.5, 0.6) is 0 Å². The van der Waals surface area contributed by atoms with Crippen LogP contribution in [0.15, 0.2) is 18.2 Å². The van der Waals surface area contributed by atoms with E-state index in [9.17, 15) is 26.3 Å². The second kappa shape index (κ2) is 3.32. The summed E-state index contributed by atoms with van der Waals surface area (Å²) in [6.07, 6.45) is -5.85. The van der Waals surface area contributed by atoms with Gasteiger partial charge >= 0.3 is 12.1 Å². The van der Waals surface area contributed by atoms with Crippen LogP contribution in [0.3, 0.4) is 0 Å². The summed E-state index contributed by atoms with van der Waals surface area (Å²) in [5, 5.41) is 0. The van der Waals surface area contributed by atoms with E-state index in [0.717, 1.165) is 6.07 Å². The van der Waals surface area contributed by atoms with Crippen LogP contribution in [0.2, 0.25) is 0 Å². The third kappa shape index (κ3) is 2.00. The monoisotopic (exact) mass is 229 g/mol. The van der Waals surface area contributed by atoms with Gasteiger partial charge in [0.15, 0.2) is 0 Å². The highest BCUT2D eigenvalue weighted by Crippen LogP contribution is 2.45. The number of hydrogen-bond acceptors (Lipinski definition) is 1. The molecule has 0 radical (unpaired) electrons. The predicted octanol–water partition coefficient (Wildman–Crippen LogP) is 3.06. The maximum absolute atomic E-state index is 12.8. The maximum atomic E-state index is 12.8. The number of nitrogens with two attached hydrogens (primary N) is 1. The Hall–Kier alpha value is -1.40. The van der Waals surface area contributed by atoms with Crippen LogP contribution in [0.4, 0.5) is 32.0 Å². The fourth-order valence-corrected chi connectivity index (χ4v) is 0.936. The zero-order chi connectivity index (χ0) is 11.9. The molecule has 0 saturated carbocycles. The summed E-state index contributed by atoms with van der Waals surface area (Å²) in [5.41, 5.74) is 2.87. The molecule has 7 heteroatoms. The summed E-state index contributed by atoms with van der Waals surface area (Å²) in [5.74, 6) is -6.89. The first kappa shape index (κ1) is 11.7. The molecule has 0 aliphatic carbocycles. The minimum atomic E-state index is -5.85. The summed E-state index contributed by atoms with van der Waals surface area (Å²) < 4.78 is 73.7. The lowest BCUT2D eigenvalue weighted by atomic mass is 10.1. The fourth-order valence-electron chi connectivity index (χ4n) is 0.936. The minimum absolute atomic E-state index is 0.267. The van der Waals surface area contributed by atoms with Crippen molar-refractivity contribution in [3.8, 4) is 0 Å². The van der Waals surface area contributed by atoms with E-state index in [1.807, 2.05) is 0 Å². The van der Waals surface area contributed by atoms with E-state index >= 15 is 0 Å². The molecule has 0 fully saturated rings. The average molecular weight is 229 g/mol. The van der Waals surface area contributed by atoms with Crippen molar-refractivity contribution < 1.29 is 26.3 Å². The quantitative estimate of drug-likeness (QED) is 0.581. The van der Waals surface area contributed by atoms with Crippen LogP contribution in [0.25, 0.3) is 0 Å². The van der Waals surface area contributed by atoms with Gasteiger partial charge in [-0.2, -0.15) is 22.0 Å².